The molecule has 1 saturated heterocycles. The monoisotopic (exact) mass is 276 g/mol. The van der Waals surface area contributed by atoms with E-state index >= 15 is 0 Å². The number of carbonyl (C=O) groups excluding carboxylic acids is 1. The van der Waals surface area contributed by atoms with Crippen LogP contribution < -0.4 is 4.74 Å². The predicted octanol–water partition coefficient (Wildman–Crippen LogP) is 2.08. The minimum atomic E-state index is 0.0508. The third kappa shape index (κ3) is 3.98. The fourth-order valence-electron chi connectivity index (χ4n) is 2.24. The number of benzene rings is 1. The van der Waals surface area contributed by atoms with Crippen molar-refractivity contribution in [2.24, 2.45) is 5.16 Å². The molecule has 0 spiro atoms. The molecule has 1 aromatic rings. The number of hydrogen-bond donors (Lipinski definition) is 1. The molecule has 0 saturated carbocycles. The average molecular weight is 276 g/mol. The molecule has 108 valence electrons. The van der Waals surface area contributed by atoms with Gasteiger partial charge >= 0.3 is 0 Å². The number of likely N-dealkylation sites (tertiary alicyclic amines) is 1. The van der Waals surface area contributed by atoms with Crippen molar-refractivity contribution in [1.82, 2.24) is 4.90 Å². The van der Waals surface area contributed by atoms with Crippen LogP contribution in [0.4, 0.5) is 0 Å². The first kappa shape index (κ1) is 14.4. The van der Waals surface area contributed by atoms with E-state index in [9.17, 15) is 4.79 Å². The van der Waals surface area contributed by atoms with E-state index < -0.39 is 0 Å². The van der Waals surface area contributed by atoms with Gasteiger partial charge in [0.25, 0.3) is 5.91 Å². The fraction of sp³-hybridized carbons (Fsp3) is 0.467. The molecule has 5 heteroatoms. The van der Waals surface area contributed by atoms with Crippen LogP contribution in [0.2, 0.25) is 0 Å². The lowest BCUT2D eigenvalue weighted by molar-refractivity contribution is -0.132. The van der Waals surface area contributed by atoms with Crippen LogP contribution >= 0.6 is 0 Å². The highest BCUT2D eigenvalue weighted by Crippen LogP contribution is 2.14. The van der Waals surface area contributed by atoms with E-state index in [1.165, 1.54) is 0 Å². The molecular formula is C15H20N2O3. The largest absolute Gasteiger partial charge is 0.484 e. The second-order valence-corrected chi connectivity index (χ2v) is 5.03. The van der Waals surface area contributed by atoms with Crippen molar-refractivity contribution in [3.8, 4) is 5.75 Å². The van der Waals surface area contributed by atoms with Crippen molar-refractivity contribution in [2.45, 2.75) is 26.2 Å². The third-order valence-corrected chi connectivity index (χ3v) is 3.38. The molecule has 1 heterocycles. The molecule has 2 rings (SSSR count). The van der Waals surface area contributed by atoms with E-state index in [2.05, 4.69) is 5.16 Å². The zero-order chi connectivity index (χ0) is 14.4. The predicted molar refractivity (Wildman–Crippen MR) is 76.4 cm³/mol. The van der Waals surface area contributed by atoms with Gasteiger partial charge in [-0.15, -0.1) is 0 Å². The van der Waals surface area contributed by atoms with Crippen LogP contribution in [0, 0.1) is 0 Å². The van der Waals surface area contributed by atoms with Crippen LogP contribution in [-0.4, -0.2) is 41.4 Å². The molecule has 0 radical (unpaired) electrons. The van der Waals surface area contributed by atoms with Gasteiger partial charge in [-0.05, 0) is 37.5 Å². The second kappa shape index (κ2) is 6.93. The van der Waals surface area contributed by atoms with Gasteiger partial charge in [0.05, 0.1) is 5.71 Å². The smallest absolute Gasteiger partial charge is 0.260 e. The lowest BCUT2D eigenvalue weighted by Crippen LogP contribution is -2.32. The van der Waals surface area contributed by atoms with Crippen molar-refractivity contribution < 1.29 is 14.7 Å². The lowest BCUT2D eigenvalue weighted by Gasteiger charge is -2.15. The van der Waals surface area contributed by atoms with Crippen molar-refractivity contribution in [3.05, 3.63) is 29.8 Å². The lowest BCUT2D eigenvalue weighted by atomic mass is 10.1. The molecule has 0 unspecified atom stereocenters. The van der Waals surface area contributed by atoms with Crippen LogP contribution in [0.5, 0.6) is 5.75 Å². The summed E-state index contributed by atoms with van der Waals surface area (Å²) >= 11 is 0. The molecule has 1 aliphatic rings. The Morgan fingerprint density at radius 1 is 1.30 bits per heavy atom. The molecular weight excluding hydrogens is 256 g/mol. The zero-order valence-electron chi connectivity index (χ0n) is 11.7. The normalized spacial score (nSPS) is 15.4. The van der Waals surface area contributed by atoms with E-state index in [0.29, 0.717) is 17.9 Å². The summed E-state index contributed by atoms with van der Waals surface area (Å²) in [6.45, 7) is 3.55. The SMILES string of the molecule is C/C(Cc1ccc(OCC(=O)N2CCCC2)cc1)=N/O. The fourth-order valence-corrected chi connectivity index (χ4v) is 2.24. The topological polar surface area (TPSA) is 62.1 Å². The van der Waals surface area contributed by atoms with Gasteiger partial charge in [0.1, 0.15) is 5.75 Å². The highest BCUT2D eigenvalue weighted by Gasteiger charge is 2.17. The van der Waals surface area contributed by atoms with Crippen LogP contribution in [0.1, 0.15) is 25.3 Å². The maximum Gasteiger partial charge on any atom is 0.260 e. The summed E-state index contributed by atoms with van der Waals surface area (Å²) in [4.78, 5) is 13.7. The number of carbonyl (C=O) groups is 1. The zero-order valence-corrected chi connectivity index (χ0v) is 11.7. The van der Waals surface area contributed by atoms with Gasteiger partial charge in [0, 0.05) is 19.5 Å². The third-order valence-electron chi connectivity index (χ3n) is 3.38. The molecule has 20 heavy (non-hydrogen) atoms. The Labute approximate surface area is 118 Å². The minimum Gasteiger partial charge on any atom is -0.484 e. The average Bonchev–Trinajstić information content (AvgIpc) is 3.00. The highest BCUT2D eigenvalue weighted by molar-refractivity contribution is 5.83. The van der Waals surface area contributed by atoms with Crippen molar-refractivity contribution >= 4 is 11.6 Å². The number of hydrogen-bond acceptors (Lipinski definition) is 4. The summed E-state index contributed by atoms with van der Waals surface area (Å²) in [5, 5.41) is 11.8. The van der Waals surface area contributed by atoms with E-state index in [4.69, 9.17) is 9.94 Å². The Bertz CT molecular complexity index is 476. The molecule has 1 aromatic carbocycles. The van der Waals surface area contributed by atoms with Crippen LogP contribution in [0.15, 0.2) is 29.4 Å². The van der Waals surface area contributed by atoms with Crippen LogP contribution in [0.3, 0.4) is 0 Å². The summed E-state index contributed by atoms with van der Waals surface area (Å²) in [5.74, 6) is 0.731. The highest BCUT2D eigenvalue weighted by atomic mass is 16.5. The Morgan fingerprint density at radius 2 is 1.95 bits per heavy atom. The Hall–Kier alpha value is -2.04. The molecule has 0 atom stereocenters. The molecule has 0 aromatic heterocycles. The molecule has 1 N–H and O–H groups in total. The number of oxime groups is 1. The summed E-state index contributed by atoms with van der Waals surface area (Å²) in [6.07, 6.45) is 2.78. The first-order valence-electron chi connectivity index (χ1n) is 6.86. The van der Waals surface area contributed by atoms with Gasteiger partial charge < -0.3 is 14.8 Å². The first-order valence-corrected chi connectivity index (χ1v) is 6.86. The van der Waals surface area contributed by atoms with E-state index in [-0.39, 0.29) is 12.5 Å². The van der Waals surface area contributed by atoms with Gasteiger partial charge in [-0.1, -0.05) is 17.3 Å². The van der Waals surface area contributed by atoms with E-state index in [1.807, 2.05) is 29.2 Å². The van der Waals surface area contributed by atoms with Crippen molar-refractivity contribution in [3.63, 3.8) is 0 Å². The molecule has 1 fully saturated rings. The van der Waals surface area contributed by atoms with Gasteiger partial charge in [-0.25, -0.2) is 0 Å². The number of ether oxygens (including phenoxy) is 1. The van der Waals surface area contributed by atoms with Gasteiger partial charge in [-0.3, -0.25) is 4.79 Å². The van der Waals surface area contributed by atoms with E-state index in [0.717, 1.165) is 31.5 Å². The summed E-state index contributed by atoms with van der Waals surface area (Å²) < 4.78 is 5.50. The minimum absolute atomic E-state index is 0.0508. The van der Waals surface area contributed by atoms with Gasteiger partial charge in [0.2, 0.25) is 0 Å². The van der Waals surface area contributed by atoms with Crippen LogP contribution in [-0.2, 0) is 11.2 Å². The number of nitrogens with zero attached hydrogens (tertiary/aromatic N) is 2. The maximum atomic E-state index is 11.8. The Kier molecular flexibility index (Phi) is 4.98. The molecule has 5 nitrogen and oxygen atoms in total. The van der Waals surface area contributed by atoms with Crippen molar-refractivity contribution in [2.75, 3.05) is 19.7 Å². The van der Waals surface area contributed by atoms with Crippen molar-refractivity contribution in [1.29, 1.82) is 0 Å². The Balaban J connectivity index is 1.82. The van der Waals surface area contributed by atoms with E-state index in [1.54, 1.807) is 6.92 Å². The first-order chi connectivity index (χ1) is 9.69. The van der Waals surface area contributed by atoms with Crippen LogP contribution in [0.25, 0.3) is 0 Å². The summed E-state index contributed by atoms with van der Waals surface area (Å²) in [7, 11) is 0. The summed E-state index contributed by atoms with van der Waals surface area (Å²) in [5.41, 5.74) is 1.70. The van der Waals surface area contributed by atoms with Gasteiger partial charge in [0.15, 0.2) is 6.61 Å². The van der Waals surface area contributed by atoms with Gasteiger partial charge in [-0.2, -0.15) is 0 Å². The Morgan fingerprint density at radius 3 is 2.55 bits per heavy atom. The number of amides is 1. The molecule has 1 aliphatic heterocycles. The second-order valence-electron chi connectivity index (χ2n) is 5.03. The quantitative estimate of drug-likeness (QED) is 0.509. The standard InChI is InChI=1S/C15H20N2O3/c1-12(16-19)10-13-4-6-14(7-5-13)20-11-15(18)17-8-2-3-9-17/h4-7,19H,2-3,8-11H2,1H3/b16-12-. The molecule has 0 aliphatic carbocycles. The maximum absolute atomic E-state index is 11.8. The molecule has 1 amide bonds. The number of rotatable bonds is 5. The summed E-state index contributed by atoms with van der Waals surface area (Å²) in [6, 6.07) is 7.48. The molecule has 0 bridgehead atoms.